The molecule has 1 aliphatic heterocycles. The van der Waals surface area contributed by atoms with E-state index in [1.165, 1.54) is 16.3 Å². The summed E-state index contributed by atoms with van der Waals surface area (Å²) in [6.07, 6.45) is 0. The largest absolute Gasteiger partial charge is 0.296 e. The summed E-state index contributed by atoms with van der Waals surface area (Å²) >= 11 is 1.04. The van der Waals surface area contributed by atoms with Gasteiger partial charge in [-0.3, -0.25) is 4.90 Å². The number of rotatable bonds is 4. The van der Waals surface area contributed by atoms with E-state index in [1.807, 2.05) is 6.07 Å². The molecule has 1 saturated heterocycles. The molecule has 0 saturated carbocycles. The highest BCUT2D eigenvalue weighted by Crippen LogP contribution is 2.26. The monoisotopic (exact) mass is 424 g/mol. The standard InChI is InChI=1S/C21H20N4O2S2/c26-29(27,20-10-4-9-19-21(20)23-28-22-19)25-13-11-24(12-14-25)15-17-7-3-6-16-5-1-2-8-18(16)17/h1-10H,11-15H2. The average molecular weight is 425 g/mol. The van der Waals surface area contributed by atoms with Crippen molar-refractivity contribution in [2.24, 2.45) is 0 Å². The molecule has 1 aromatic heterocycles. The Bertz CT molecular complexity index is 1270. The summed E-state index contributed by atoms with van der Waals surface area (Å²) in [4.78, 5) is 2.57. The van der Waals surface area contributed by atoms with E-state index in [2.05, 4.69) is 50.0 Å². The van der Waals surface area contributed by atoms with Crippen molar-refractivity contribution in [2.75, 3.05) is 26.2 Å². The van der Waals surface area contributed by atoms with Gasteiger partial charge in [0.15, 0.2) is 0 Å². The van der Waals surface area contributed by atoms with Gasteiger partial charge in [-0.2, -0.15) is 13.1 Å². The maximum absolute atomic E-state index is 13.2. The van der Waals surface area contributed by atoms with E-state index in [9.17, 15) is 8.42 Å². The molecule has 0 spiro atoms. The van der Waals surface area contributed by atoms with Gasteiger partial charge >= 0.3 is 0 Å². The molecule has 0 unspecified atom stereocenters. The number of hydrogen-bond donors (Lipinski definition) is 0. The minimum Gasteiger partial charge on any atom is -0.296 e. The van der Waals surface area contributed by atoms with E-state index in [-0.39, 0.29) is 4.90 Å². The van der Waals surface area contributed by atoms with Gasteiger partial charge in [0.1, 0.15) is 15.9 Å². The Hall–Kier alpha value is -2.39. The van der Waals surface area contributed by atoms with E-state index in [1.54, 1.807) is 22.5 Å². The third-order valence-electron chi connectivity index (χ3n) is 5.47. The van der Waals surface area contributed by atoms with Gasteiger partial charge in [-0.15, -0.1) is 0 Å². The summed E-state index contributed by atoms with van der Waals surface area (Å²) in [5.74, 6) is 0. The lowest BCUT2D eigenvalue weighted by atomic mass is 10.0. The number of nitrogens with zero attached hydrogens (tertiary/aromatic N) is 4. The molecular formula is C21H20N4O2S2. The van der Waals surface area contributed by atoms with Gasteiger partial charge in [-0.1, -0.05) is 48.5 Å². The summed E-state index contributed by atoms with van der Waals surface area (Å²) in [6.45, 7) is 3.17. The SMILES string of the molecule is O=S(=O)(c1cccc2nsnc12)N1CCN(Cc2cccc3ccccc23)CC1. The molecule has 1 aliphatic rings. The van der Waals surface area contributed by atoms with Crippen LogP contribution in [0.1, 0.15) is 5.56 Å². The van der Waals surface area contributed by atoms with Crippen molar-refractivity contribution in [1.29, 1.82) is 0 Å². The van der Waals surface area contributed by atoms with Crippen molar-refractivity contribution in [3.8, 4) is 0 Å². The molecule has 0 N–H and O–H groups in total. The summed E-state index contributed by atoms with van der Waals surface area (Å²) in [5, 5.41) is 2.49. The van der Waals surface area contributed by atoms with E-state index >= 15 is 0 Å². The maximum Gasteiger partial charge on any atom is 0.245 e. The van der Waals surface area contributed by atoms with Crippen LogP contribution in [0.3, 0.4) is 0 Å². The van der Waals surface area contributed by atoms with Gasteiger partial charge in [-0.05, 0) is 28.5 Å². The van der Waals surface area contributed by atoms with E-state index in [0.717, 1.165) is 18.3 Å². The van der Waals surface area contributed by atoms with Crippen molar-refractivity contribution in [3.05, 3.63) is 66.2 Å². The topological polar surface area (TPSA) is 66.4 Å². The smallest absolute Gasteiger partial charge is 0.245 e. The van der Waals surface area contributed by atoms with Crippen molar-refractivity contribution in [1.82, 2.24) is 18.0 Å². The molecule has 29 heavy (non-hydrogen) atoms. The van der Waals surface area contributed by atoms with Gasteiger partial charge in [0.05, 0.1) is 11.7 Å². The third kappa shape index (κ3) is 3.42. The summed E-state index contributed by atoms with van der Waals surface area (Å²) in [5.41, 5.74) is 2.37. The van der Waals surface area contributed by atoms with Crippen molar-refractivity contribution in [3.63, 3.8) is 0 Å². The van der Waals surface area contributed by atoms with Crippen LogP contribution < -0.4 is 0 Å². The van der Waals surface area contributed by atoms with Crippen LogP contribution in [0.4, 0.5) is 0 Å². The van der Waals surface area contributed by atoms with Gasteiger partial charge in [0, 0.05) is 32.7 Å². The van der Waals surface area contributed by atoms with Crippen LogP contribution in [0.25, 0.3) is 21.8 Å². The van der Waals surface area contributed by atoms with Crippen LogP contribution in [0.5, 0.6) is 0 Å². The summed E-state index contributed by atoms with van der Waals surface area (Å²) in [7, 11) is -3.58. The predicted octanol–water partition coefficient (Wildman–Crippen LogP) is 3.35. The molecule has 6 nitrogen and oxygen atoms in total. The van der Waals surface area contributed by atoms with Gasteiger partial charge in [0.25, 0.3) is 0 Å². The molecule has 1 fully saturated rings. The first-order chi connectivity index (χ1) is 14.1. The molecule has 8 heteroatoms. The molecule has 3 aromatic carbocycles. The second-order valence-electron chi connectivity index (χ2n) is 7.21. The van der Waals surface area contributed by atoms with Gasteiger partial charge in [-0.25, -0.2) is 8.42 Å². The molecule has 0 amide bonds. The Morgan fingerprint density at radius 2 is 1.62 bits per heavy atom. The van der Waals surface area contributed by atoms with E-state index in [4.69, 9.17) is 0 Å². The molecule has 2 heterocycles. The van der Waals surface area contributed by atoms with Crippen LogP contribution in [-0.2, 0) is 16.6 Å². The molecule has 0 radical (unpaired) electrons. The first-order valence-corrected chi connectivity index (χ1v) is 11.7. The van der Waals surface area contributed by atoms with Gasteiger partial charge in [0.2, 0.25) is 10.0 Å². The second kappa shape index (κ2) is 7.46. The number of fused-ring (bicyclic) bond motifs is 2. The Morgan fingerprint density at radius 3 is 2.48 bits per heavy atom. The Morgan fingerprint density at radius 1 is 0.862 bits per heavy atom. The third-order valence-corrected chi connectivity index (χ3v) is 7.94. The number of piperazine rings is 1. The maximum atomic E-state index is 13.2. The van der Waals surface area contributed by atoms with Crippen molar-refractivity contribution >= 4 is 43.6 Å². The fourth-order valence-corrected chi connectivity index (χ4v) is 6.10. The second-order valence-corrected chi connectivity index (χ2v) is 9.64. The number of sulfonamides is 1. The molecule has 148 valence electrons. The zero-order valence-electron chi connectivity index (χ0n) is 15.7. The molecular weight excluding hydrogens is 404 g/mol. The van der Waals surface area contributed by atoms with Gasteiger partial charge < -0.3 is 0 Å². The Balaban J connectivity index is 1.33. The number of hydrogen-bond acceptors (Lipinski definition) is 6. The first-order valence-electron chi connectivity index (χ1n) is 9.53. The minimum absolute atomic E-state index is 0.256. The zero-order chi connectivity index (χ0) is 19.8. The number of benzene rings is 3. The molecule has 0 bridgehead atoms. The van der Waals surface area contributed by atoms with Crippen LogP contribution in [0.15, 0.2) is 65.6 Å². The number of aromatic nitrogens is 2. The van der Waals surface area contributed by atoms with Crippen LogP contribution >= 0.6 is 11.7 Å². The molecule has 5 rings (SSSR count). The van der Waals surface area contributed by atoms with Crippen molar-refractivity contribution < 1.29 is 8.42 Å². The minimum atomic E-state index is -3.58. The quantitative estimate of drug-likeness (QED) is 0.503. The van der Waals surface area contributed by atoms with E-state index < -0.39 is 10.0 Å². The lowest BCUT2D eigenvalue weighted by Gasteiger charge is -2.34. The molecule has 0 atom stereocenters. The highest BCUT2D eigenvalue weighted by atomic mass is 32.2. The predicted molar refractivity (Wildman–Crippen MR) is 115 cm³/mol. The fraction of sp³-hybridized carbons (Fsp3) is 0.238. The van der Waals surface area contributed by atoms with Crippen LogP contribution in [0, 0.1) is 0 Å². The highest BCUT2D eigenvalue weighted by Gasteiger charge is 2.30. The van der Waals surface area contributed by atoms with Crippen LogP contribution in [-0.4, -0.2) is 52.5 Å². The Kier molecular flexibility index (Phi) is 4.79. The summed E-state index contributed by atoms with van der Waals surface area (Å²) in [6, 6.07) is 19.9. The van der Waals surface area contributed by atoms with E-state index in [0.29, 0.717) is 37.2 Å². The molecule has 4 aromatic rings. The lowest BCUT2D eigenvalue weighted by molar-refractivity contribution is 0.182. The highest BCUT2D eigenvalue weighted by molar-refractivity contribution is 7.89. The first kappa shape index (κ1) is 18.6. The fourth-order valence-electron chi connectivity index (χ4n) is 3.93. The van der Waals surface area contributed by atoms with Crippen molar-refractivity contribution in [2.45, 2.75) is 11.4 Å². The van der Waals surface area contributed by atoms with Crippen LogP contribution in [0.2, 0.25) is 0 Å². The molecule has 0 aliphatic carbocycles. The summed E-state index contributed by atoms with van der Waals surface area (Å²) < 4.78 is 36.3. The zero-order valence-corrected chi connectivity index (χ0v) is 17.4. The average Bonchev–Trinajstić information content (AvgIpc) is 3.23. The lowest BCUT2D eigenvalue weighted by Crippen LogP contribution is -2.48. The Labute approximate surface area is 173 Å². The normalized spacial score (nSPS) is 16.6.